The predicted octanol–water partition coefficient (Wildman–Crippen LogP) is -1.07. The molecule has 20 nitrogen and oxygen atoms in total. The van der Waals surface area contributed by atoms with E-state index >= 15 is 0 Å². The summed E-state index contributed by atoms with van der Waals surface area (Å²) in [5.41, 5.74) is 11.7. The number of rotatable bonds is 14. The van der Waals surface area contributed by atoms with Crippen LogP contribution in [0.2, 0.25) is 0 Å². The van der Waals surface area contributed by atoms with Gasteiger partial charge in [-0.05, 0) is 35.4 Å². The molecule has 4 rings (SSSR count). The average molecular weight is 753 g/mol. The van der Waals surface area contributed by atoms with Crippen molar-refractivity contribution in [1.82, 2.24) is 29.9 Å². The first kappa shape index (κ1) is 42.9. The predicted molar refractivity (Wildman–Crippen MR) is 191 cm³/mol. The SMILES string of the molecule is CN(CCO)c1nc(N)nc(Nc2ccc(C=Cc3ccc(Nc4nc(N)nc(N(C)CCO)n4)cc3S(=O)(=O)O)c(S(=O)(=O)O)c2)n1.[NaH].[NaH]. The molecule has 0 aliphatic rings. The third-order valence-corrected chi connectivity index (χ3v) is 8.19. The molecule has 10 N–H and O–H groups in total. The van der Waals surface area contributed by atoms with Crippen LogP contribution >= 0.6 is 0 Å². The minimum atomic E-state index is -4.82. The second-order valence-electron chi connectivity index (χ2n) is 9.96. The van der Waals surface area contributed by atoms with Crippen molar-refractivity contribution in [3.63, 3.8) is 0 Å². The van der Waals surface area contributed by atoms with E-state index in [1.165, 1.54) is 46.2 Å². The molecule has 0 saturated carbocycles. The van der Waals surface area contributed by atoms with Crippen molar-refractivity contribution in [3.8, 4) is 0 Å². The van der Waals surface area contributed by atoms with Gasteiger partial charge in [0.25, 0.3) is 20.2 Å². The Labute approximate surface area is 331 Å². The fourth-order valence-corrected chi connectivity index (χ4v) is 5.52. The molecule has 50 heavy (non-hydrogen) atoms. The molecule has 24 heteroatoms. The summed E-state index contributed by atoms with van der Waals surface area (Å²) in [4.78, 5) is 26.2. The van der Waals surface area contributed by atoms with E-state index in [9.17, 15) is 36.2 Å². The van der Waals surface area contributed by atoms with Crippen LogP contribution < -0.4 is 31.9 Å². The summed E-state index contributed by atoms with van der Waals surface area (Å²) in [5, 5.41) is 23.9. The van der Waals surface area contributed by atoms with Crippen molar-refractivity contribution >= 4 is 139 Å². The van der Waals surface area contributed by atoms with Gasteiger partial charge in [-0.15, -0.1) is 0 Å². The molecular formula is C26H34N12Na2O8S2. The van der Waals surface area contributed by atoms with Gasteiger partial charge in [-0.1, -0.05) is 24.3 Å². The Morgan fingerprint density at radius 2 is 1.02 bits per heavy atom. The molecule has 2 aromatic carbocycles. The first-order valence-corrected chi connectivity index (χ1v) is 16.6. The number of aliphatic hydroxyl groups excluding tert-OH is 2. The van der Waals surface area contributed by atoms with Crippen LogP contribution in [0.4, 0.5) is 47.1 Å². The molecule has 0 fully saturated rings. The number of nitrogens with two attached hydrogens (primary N) is 2. The summed E-state index contributed by atoms with van der Waals surface area (Å²) in [6.45, 7) is 0.0563. The Balaban J connectivity index is 0.00000433. The fraction of sp³-hybridized carbons (Fsp3) is 0.231. The van der Waals surface area contributed by atoms with Crippen LogP contribution in [0, 0.1) is 0 Å². The van der Waals surface area contributed by atoms with Gasteiger partial charge in [-0.3, -0.25) is 9.11 Å². The third kappa shape index (κ3) is 11.6. The Morgan fingerprint density at radius 1 is 0.660 bits per heavy atom. The van der Waals surface area contributed by atoms with Crippen molar-refractivity contribution < 1.29 is 36.2 Å². The minimum absolute atomic E-state index is 0. The number of hydrogen-bond donors (Lipinski definition) is 8. The van der Waals surface area contributed by atoms with Gasteiger partial charge in [0.1, 0.15) is 9.79 Å². The zero-order valence-corrected chi connectivity index (χ0v) is 27.1. The van der Waals surface area contributed by atoms with Crippen molar-refractivity contribution in [2.24, 2.45) is 0 Å². The van der Waals surface area contributed by atoms with E-state index in [4.69, 9.17) is 11.5 Å². The number of likely N-dealkylation sites (N-methyl/N-ethyl adjacent to an activating group) is 2. The molecule has 4 aromatic rings. The molecule has 260 valence electrons. The van der Waals surface area contributed by atoms with Crippen LogP contribution in [0.5, 0.6) is 0 Å². The first-order chi connectivity index (χ1) is 22.6. The van der Waals surface area contributed by atoms with Gasteiger partial charge in [-0.2, -0.15) is 46.7 Å². The molecule has 0 amide bonds. The zero-order valence-electron chi connectivity index (χ0n) is 25.4. The second-order valence-corrected chi connectivity index (χ2v) is 12.7. The zero-order chi connectivity index (χ0) is 35.2. The monoisotopic (exact) mass is 752 g/mol. The van der Waals surface area contributed by atoms with Crippen molar-refractivity contribution in [1.29, 1.82) is 0 Å². The first-order valence-electron chi connectivity index (χ1n) is 13.7. The number of aromatic nitrogens is 6. The maximum atomic E-state index is 12.3. The number of benzene rings is 2. The van der Waals surface area contributed by atoms with Gasteiger partial charge in [0.15, 0.2) is 0 Å². The van der Waals surface area contributed by atoms with Crippen molar-refractivity contribution in [3.05, 3.63) is 47.5 Å². The normalized spacial score (nSPS) is 11.4. The van der Waals surface area contributed by atoms with Crippen LogP contribution in [0.25, 0.3) is 12.2 Å². The molecular weight excluding hydrogens is 718 g/mol. The Morgan fingerprint density at radius 3 is 1.34 bits per heavy atom. The summed E-state index contributed by atoms with van der Waals surface area (Å²) in [6.07, 6.45) is 2.45. The number of anilines is 8. The van der Waals surface area contributed by atoms with E-state index in [1.807, 2.05) is 0 Å². The van der Waals surface area contributed by atoms with Gasteiger partial charge in [0.05, 0.1) is 13.2 Å². The van der Waals surface area contributed by atoms with E-state index in [0.717, 1.165) is 12.1 Å². The maximum absolute atomic E-state index is 12.3. The molecule has 0 aliphatic heterocycles. The third-order valence-electron chi connectivity index (χ3n) is 6.37. The van der Waals surface area contributed by atoms with Gasteiger partial charge in [0.2, 0.25) is 35.7 Å². The summed E-state index contributed by atoms with van der Waals surface area (Å²) in [5.74, 6) is -0.121. The number of aliphatic hydroxyl groups is 2. The fourth-order valence-electron chi connectivity index (χ4n) is 4.10. The summed E-state index contributed by atoms with van der Waals surface area (Å²) < 4.78 is 69.3. The van der Waals surface area contributed by atoms with E-state index in [0.29, 0.717) is 0 Å². The summed E-state index contributed by atoms with van der Waals surface area (Å²) in [7, 11) is -6.40. The Hall–Kier alpha value is -3.26. The quantitative estimate of drug-likeness (QED) is 0.0432. The van der Waals surface area contributed by atoms with Gasteiger partial charge in [0, 0.05) is 38.6 Å². The van der Waals surface area contributed by atoms with Crippen LogP contribution in [-0.2, 0) is 20.2 Å². The topological polar surface area (TPSA) is 309 Å². The summed E-state index contributed by atoms with van der Waals surface area (Å²) in [6, 6.07) is 7.71. The van der Waals surface area contributed by atoms with Crippen LogP contribution in [0.1, 0.15) is 11.1 Å². The van der Waals surface area contributed by atoms with Crippen LogP contribution in [0.15, 0.2) is 46.2 Å². The number of nitrogens with zero attached hydrogens (tertiary/aromatic N) is 8. The molecule has 0 radical (unpaired) electrons. The number of hydrogen-bond acceptors (Lipinski definition) is 18. The van der Waals surface area contributed by atoms with Gasteiger partial charge >= 0.3 is 59.1 Å². The molecule has 0 bridgehead atoms. The molecule has 0 saturated heterocycles. The summed E-state index contributed by atoms with van der Waals surface area (Å²) >= 11 is 0. The van der Waals surface area contributed by atoms with Crippen LogP contribution in [-0.4, -0.2) is 166 Å². The number of nitrogen functional groups attached to an aromatic ring is 2. The molecule has 2 heterocycles. The molecule has 0 unspecified atom stereocenters. The second kappa shape index (κ2) is 18.3. The number of nitrogens with one attached hydrogen (secondary N) is 2. The Kier molecular flexibility index (Phi) is 15.7. The van der Waals surface area contributed by atoms with E-state index < -0.39 is 30.0 Å². The van der Waals surface area contributed by atoms with E-state index in [-0.39, 0.29) is 144 Å². The van der Waals surface area contributed by atoms with E-state index in [1.54, 1.807) is 14.1 Å². The van der Waals surface area contributed by atoms with Crippen molar-refractivity contribution in [2.75, 3.05) is 72.3 Å². The van der Waals surface area contributed by atoms with E-state index in [2.05, 4.69) is 40.5 Å². The molecule has 0 spiro atoms. The van der Waals surface area contributed by atoms with Crippen molar-refractivity contribution in [2.45, 2.75) is 9.79 Å². The molecule has 2 aromatic heterocycles. The van der Waals surface area contributed by atoms with Gasteiger partial charge < -0.3 is 42.1 Å². The average Bonchev–Trinajstić information content (AvgIpc) is 2.99. The van der Waals surface area contributed by atoms with Crippen LogP contribution in [0.3, 0.4) is 0 Å². The molecule has 0 atom stereocenters. The molecule has 0 aliphatic carbocycles. The Bertz CT molecular complexity index is 1920. The van der Waals surface area contributed by atoms with Gasteiger partial charge in [-0.25, -0.2) is 0 Å². The standard InChI is InChI=1S/C26H32N12O8S2.2Na.2H/c1-37(9-11-39)25-33-21(27)31-23(35-25)29-17-7-5-15(19(13-17)47(41,42)43)3-4-16-6-8-18(14-20(16)48(44,45)46)30-24-32-22(28)34-26(36-24)38(2)10-12-40;;;;/h3-8,13-14,39-40H,9-12H2,1-2H3,(H,41,42,43)(H,44,45,46)(H3,27,29,31,33,35)(H3,28,30,32,34,36);;;;.